The van der Waals surface area contributed by atoms with Gasteiger partial charge < -0.3 is 4.42 Å². The molecule has 1 aromatic heterocycles. The summed E-state index contributed by atoms with van der Waals surface area (Å²) in [7, 11) is 0. The van der Waals surface area contributed by atoms with Crippen LogP contribution in [0, 0.1) is 5.82 Å². The van der Waals surface area contributed by atoms with E-state index in [2.05, 4.69) is 12.1 Å². The number of halogens is 1. The number of rotatable bonds is 6. The fraction of sp³-hybridized carbons (Fsp3) is 0.263. The number of carbonyl (C=O) groups is 1. The van der Waals surface area contributed by atoms with E-state index in [9.17, 15) is 14.0 Å². The first kappa shape index (κ1) is 16.2. The Morgan fingerprint density at radius 2 is 1.79 bits per heavy atom. The predicted molar refractivity (Wildman–Crippen MR) is 89.7 cm³/mol. The van der Waals surface area contributed by atoms with E-state index in [1.165, 1.54) is 23.8 Å². The van der Waals surface area contributed by atoms with Crippen LogP contribution < -0.4 is 5.76 Å². The van der Waals surface area contributed by atoms with Gasteiger partial charge >= 0.3 is 5.76 Å². The molecule has 1 heterocycles. The van der Waals surface area contributed by atoms with Crippen molar-refractivity contribution in [2.75, 3.05) is 0 Å². The number of unbranched alkanes of at least 4 members (excludes halogenated alkanes) is 2. The molecule has 0 bridgehead atoms. The summed E-state index contributed by atoms with van der Waals surface area (Å²) in [6.45, 7) is 0. The maximum atomic E-state index is 13.9. The van der Waals surface area contributed by atoms with Gasteiger partial charge in [-0.2, -0.15) is 0 Å². The maximum Gasteiger partial charge on any atom is 0.426 e. The Morgan fingerprint density at radius 3 is 2.58 bits per heavy atom. The van der Waals surface area contributed by atoms with Gasteiger partial charge in [0.05, 0.1) is 0 Å². The average Bonchev–Trinajstić information content (AvgIpc) is 2.93. The zero-order chi connectivity index (χ0) is 16.9. The quantitative estimate of drug-likeness (QED) is 0.638. The van der Waals surface area contributed by atoms with Crippen molar-refractivity contribution >= 4 is 17.0 Å². The lowest BCUT2D eigenvalue weighted by Gasteiger charge is -2.03. The lowest BCUT2D eigenvalue weighted by molar-refractivity contribution is 0.0895. The van der Waals surface area contributed by atoms with Crippen LogP contribution >= 0.6 is 0 Å². The first-order valence-electron chi connectivity index (χ1n) is 8.04. The zero-order valence-corrected chi connectivity index (χ0v) is 13.2. The molecule has 0 N–H and O–H groups in total. The van der Waals surface area contributed by atoms with Gasteiger partial charge in [-0.05, 0) is 37.0 Å². The summed E-state index contributed by atoms with van der Waals surface area (Å²) >= 11 is 0. The molecular formula is C19H18FNO3. The number of hydrogen-bond donors (Lipinski definition) is 0. The molecule has 0 fully saturated rings. The second-order valence-corrected chi connectivity index (χ2v) is 5.73. The SMILES string of the molecule is O=C(CCCCCc1ccccc1)n1c(=O)oc2cccc(F)c21. The van der Waals surface area contributed by atoms with Crippen molar-refractivity contribution in [1.82, 2.24) is 4.57 Å². The van der Waals surface area contributed by atoms with Gasteiger partial charge in [-0.25, -0.2) is 13.8 Å². The number of oxazole rings is 1. The third kappa shape index (κ3) is 3.45. The highest BCUT2D eigenvalue weighted by Gasteiger charge is 2.18. The van der Waals surface area contributed by atoms with Gasteiger partial charge in [-0.3, -0.25) is 4.79 Å². The molecule has 0 radical (unpaired) electrons. The fourth-order valence-electron chi connectivity index (χ4n) is 2.79. The van der Waals surface area contributed by atoms with E-state index in [1.807, 2.05) is 18.2 Å². The molecule has 0 amide bonds. The van der Waals surface area contributed by atoms with E-state index < -0.39 is 17.5 Å². The van der Waals surface area contributed by atoms with Crippen LogP contribution in [0.3, 0.4) is 0 Å². The highest BCUT2D eigenvalue weighted by molar-refractivity contribution is 5.89. The Labute approximate surface area is 138 Å². The van der Waals surface area contributed by atoms with Crippen LogP contribution in [0.1, 0.15) is 36.0 Å². The van der Waals surface area contributed by atoms with Gasteiger partial charge in [0.15, 0.2) is 11.4 Å². The number of para-hydroxylation sites is 1. The summed E-state index contributed by atoms with van der Waals surface area (Å²) in [5.41, 5.74) is 1.29. The number of aryl methyl sites for hydroxylation is 1. The van der Waals surface area contributed by atoms with Gasteiger partial charge in [0.25, 0.3) is 0 Å². The highest BCUT2D eigenvalue weighted by Crippen LogP contribution is 2.17. The smallest absolute Gasteiger partial charge is 0.407 e. The molecule has 0 aliphatic heterocycles. The van der Waals surface area contributed by atoms with E-state index in [-0.39, 0.29) is 17.5 Å². The first-order valence-corrected chi connectivity index (χ1v) is 8.04. The molecular weight excluding hydrogens is 309 g/mol. The predicted octanol–water partition coefficient (Wildman–Crippen LogP) is 4.18. The van der Waals surface area contributed by atoms with Crippen LogP contribution in [0.25, 0.3) is 11.1 Å². The second-order valence-electron chi connectivity index (χ2n) is 5.73. The number of hydrogen-bond acceptors (Lipinski definition) is 3. The van der Waals surface area contributed by atoms with Crippen molar-refractivity contribution in [3.63, 3.8) is 0 Å². The van der Waals surface area contributed by atoms with Gasteiger partial charge in [0, 0.05) is 6.42 Å². The molecule has 124 valence electrons. The minimum absolute atomic E-state index is 0.0724. The number of nitrogens with zero attached hydrogens (tertiary/aromatic N) is 1. The van der Waals surface area contributed by atoms with E-state index in [0.29, 0.717) is 6.42 Å². The van der Waals surface area contributed by atoms with Crippen LogP contribution in [0.4, 0.5) is 4.39 Å². The van der Waals surface area contributed by atoms with Crippen LogP contribution in [0.15, 0.2) is 57.7 Å². The van der Waals surface area contributed by atoms with Crippen molar-refractivity contribution in [2.24, 2.45) is 0 Å². The van der Waals surface area contributed by atoms with E-state index >= 15 is 0 Å². The molecule has 0 spiro atoms. The van der Waals surface area contributed by atoms with Crippen molar-refractivity contribution in [2.45, 2.75) is 32.1 Å². The lowest BCUT2D eigenvalue weighted by Crippen LogP contribution is -2.22. The number of aromatic nitrogens is 1. The molecule has 0 atom stereocenters. The molecule has 5 heteroatoms. The summed E-state index contributed by atoms with van der Waals surface area (Å²) < 4.78 is 19.6. The second kappa shape index (κ2) is 7.25. The lowest BCUT2D eigenvalue weighted by atomic mass is 10.1. The minimum atomic E-state index is -0.829. The van der Waals surface area contributed by atoms with Crippen molar-refractivity contribution in [3.05, 3.63) is 70.5 Å². The first-order chi connectivity index (χ1) is 11.7. The van der Waals surface area contributed by atoms with Crippen LogP contribution in [-0.4, -0.2) is 10.5 Å². The maximum absolute atomic E-state index is 13.9. The summed E-state index contributed by atoms with van der Waals surface area (Å²) in [5.74, 6) is -1.89. The Hall–Kier alpha value is -2.69. The molecule has 0 aliphatic carbocycles. The fourth-order valence-corrected chi connectivity index (χ4v) is 2.79. The largest absolute Gasteiger partial charge is 0.426 e. The number of fused-ring (bicyclic) bond motifs is 1. The Bertz CT molecular complexity index is 896. The summed E-state index contributed by atoms with van der Waals surface area (Å²) in [6, 6.07) is 14.3. The monoisotopic (exact) mass is 327 g/mol. The molecule has 2 aromatic carbocycles. The van der Waals surface area contributed by atoms with Gasteiger partial charge in [-0.15, -0.1) is 0 Å². The Balaban J connectivity index is 1.58. The van der Waals surface area contributed by atoms with E-state index in [0.717, 1.165) is 23.8 Å². The van der Waals surface area contributed by atoms with Crippen molar-refractivity contribution in [3.8, 4) is 0 Å². The normalized spacial score (nSPS) is 11.0. The summed E-state index contributed by atoms with van der Waals surface area (Å²) in [6.07, 6.45) is 3.63. The molecule has 3 rings (SSSR count). The molecule has 0 aliphatic rings. The molecule has 24 heavy (non-hydrogen) atoms. The van der Waals surface area contributed by atoms with Crippen LogP contribution in [-0.2, 0) is 6.42 Å². The van der Waals surface area contributed by atoms with Crippen LogP contribution in [0.5, 0.6) is 0 Å². The molecule has 0 saturated heterocycles. The average molecular weight is 327 g/mol. The zero-order valence-electron chi connectivity index (χ0n) is 13.2. The number of carbonyl (C=O) groups excluding carboxylic acids is 1. The third-order valence-corrected chi connectivity index (χ3v) is 4.00. The number of benzene rings is 2. The van der Waals surface area contributed by atoms with Crippen molar-refractivity contribution < 1.29 is 13.6 Å². The van der Waals surface area contributed by atoms with E-state index in [1.54, 1.807) is 0 Å². The minimum Gasteiger partial charge on any atom is -0.407 e. The van der Waals surface area contributed by atoms with Gasteiger partial charge in [0.2, 0.25) is 5.91 Å². The summed E-state index contributed by atoms with van der Waals surface area (Å²) in [5, 5.41) is 0. The molecule has 3 aromatic rings. The van der Waals surface area contributed by atoms with E-state index in [4.69, 9.17) is 4.42 Å². The third-order valence-electron chi connectivity index (χ3n) is 4.00. The summed E-state index contributed by atoms with van der Waals surface area (Å²) in [4.78, 5) is 24.1. The Morgan fingerprint density at radius 1 is 1.00 bits per heavy atom. The van der Waals surface area contributed by atoms with Crippen molar-refractivity contribution in [1.29, 1.82) is 0 Å². The Kier molecular flexibility index (Phi) is 4.89. The molecule has 0 unspecified atom stereocenters. The molecule has 4 nitrogen and oxygen atoms in total. The standard InChI is InChI=1S/C19H18FNO3/c20-15-11-7-12-16-18(15)21(19(23)24-16)17(22)13-6-2-5-10-14-8-3-1-4-9-14/h1,3-4,7-9,11-12H,2,5-6,10,13H2. The topological polar surface area (TPSA) is 52.2 Å². The van der Waals surface area contributed by atoms with Crippen LogP contribution in [0.2, 0.25) is 0 Å². The molecule has 0 saturated carbocycles. The highest BCUT2D eigenvalue weighted by atomic mass is 19.1. The van der Waals surface area contributed by atoms with Gasteiger partial charge in [0.1, 0.15) is 5.52 Å². The van der Waals surface area contributed by atoms with Gasteiger partial charge in [-0.1, -0.05) is 42.8 Å².